The number of para-hydroxylation sites is 1. The predicted molar refractivity (Wildman–Crippen MR) is 117 cm³/mol. The Bertz CT molecular complexity index is 995. The van der Waals surface area contributed by atoms with Gasteiger partial charge >= 0.3 is 6.03 Å². The predicted octanol–water partition coefficient (Wildman–Crippen LogP) is 4.11. The highest BCUT2D eigenvalue weighted by atomic mass is 32.2. The van der Waals surface area contributed by atoms with E-state index in [9.17, 15) is 9.59 Å². The number of imide groups is 1. The molecular weight excluding hydrogens is 422 g/mol. The molecule has 1 aliphatic heterocycles. The third-order valence-corrected chi connectivity index (χ3v) is 6.24. The number of carbonyl (C=O) groups excluding carboxylic acids is 2. The van der Waals surface area contributed by atoms with Gasteiger partial charge in [0.1, 0.15) is 11.5 Å². The van der Waals surface area contributed by atoms with Gasteiger partial charge in [0, 0.05) is 18.0 Å². The van der Waals surface area contributed by atoms with E-state index in [0.29, 0.717) is 18.1 Å². The first kappa shape index (κ1) is 20.2. The Morgan fingerprint density at radius 1 is 1.07 bits per heavy atom. The molecule has 0 atom stereocenters. The normalized spacial score (nSPS) is 13.4. The largest absolute Gasteiger partial charge is 0.457 e. The zero-order valence-electron chi connectivity index (χ0n) is 15.9. The highest BCUT2D eigenvalue weighted by Gasteiger charge is 2.27. The number of hydrogen-bond donors (Lipinski definition) is 2. The van der Waals surface area contributed by atoms with Crippen molar-refractivity contribution < 1.29 is 14.3 Å². The van der Waals surface area contributed by atoms with Gasteiger partial charge in [0.25, 0.3) is 0 Å². The number of amides is 3. The van der Waals surface area contributed by atoms with Crippen LogP contribution in [0.15, 0.2) is 58.9 Å². The summed E-state index contributed by atoms with van der Waals surface area (Å²) in [5, 5.41) is 14.8. The summed E-state index contributed by atoms with van der Waals surface area (Å²) in [5.74, 6) is 2.12. The van der Waals surface area contributed by atoms with E-state index in [0.717, 1.165) is 27.3 Å². The van der Waals surface area contributed by atoms with Crippen LogP contribution in [0.1, 0.15) is 6.42 Å². The Labute approximate surface area is 181 Å². The molecule has 154 valence electrons. The number of hydrogen-bond acceptors (Lipinski definition) is 8. The molecule has 10 heteroatoms. The summed E-state index contributed by atoms with van der Waals surface area (Å²) in [6, 6.07) is 16.9. The smallest absolute Gasteiger partial charge is 0.324 e. The van der Waals surface area contributed by atoms with Crippen LogP contribution in [0.4, 0.5) is 15.6 Å². The maximum absolute atomic E-state index is 11.5. The molecule has 2 aromatic carbocycles. The first-order valence-electron chi connectivity index (χ1n) is 9.32. The van der Waals surface area contributed by atoms with E-state index in [4.69, 9.17) is 4.74 Å². The molecule has 4 rings (SSSR count). The van der Waals surface area contributed by atoms with E-state index in [1.54, 1.807) is 11.8 Å². The molecule has 3 amide bonds. The second-order valence-electron chi connectivity index (χ2n) is 6.34. The van der Waals surface area contributed by atoms with E-state index in [1.165, 1.54) is 16.2 Å². The zero-order chi connectivity index (χ0) is 20.8. The van der Waals surface area contributed by atoms with Gasteiger partial charge in [0.2, 0.25) is 11.0 Å². The maximum Gasteiger partial charge on any atom is 0.324 e. The van der Waals surface area contributed by atoms with Crippen LogP contribution in [-0.2, 0) is 4.79 Å². The summed E-state index contributed by atoms with van der Waals surface area (Å²) < 4.78 is 6.62. The van der Waals surface area contributed by atoms with Gasteiger partial charge in [-0.25, -0.2) is 4.79 Å². The number of nitrogens with zero attached hydrogens (tertiary/aromatic N) is 3. The van der Waals surface area contributed by atoms with Crippen LogP contribution >= 0.6 is 23.1 Å². The van der Waals surface area contributed by atoms with Crippen molar-refractivity contribution in [3.8, 4) is 11.5 Å². The SMILES string of the molecule is O=C1CNC(=O)N1CCCSc1nnc(Nc2ccc(Oc3ccccc3)cc2)s1. The van der Waals surface area contributed by atoms with Crippen molar-refractivity contribution in [3.05, 3.63) is 54.6 Å². The Balaban J connectivity index is 1.23. The van der Waals surface area contributed by atoms with E-state index in [2.05, 4.69) is 20.8 Å². The maximum atomic E-state index is 11.5. The van der Waals surface area contributed by atoms with Gasteiger partial charge in [-0.05, 0) is 42.8 Å². The minimum Gasteiger partial charge on any atom is -0.457 e. The highest BCUT2D eigenvalue weighted by molar-refractivity contribution is 8.01. The van der Waals surface area contributed by atoms with Gasteiger partial charge < -0.3 is 15.4 Å². The monoisotopic (exact) mass is 441 g/mol. The van der Waals surface area contributed by atoms with Gasteiger partial charge in [-0.1, -0.05) is 41.3 Å². The number of aromatic nitrogens is 2. The summed E-state index contributed by atoms with van der Waals surface area (Å²) in [5.41, 5.74) is 0.890. The summed E-state index contributed by atoms with van der Waals surface area (Å²) in [6.07, 6.45) is 0.703. The molecule has 1 aliphatic rings. The molecular formula is C20H19N5O3S2. The number of rotatable bonds is 9. The molecule has 2 N–H and O–H groups in total. The van der Waals surface area contributed by atoms with Crippen molar-refractivity contribution in [2.75, 3.05) is 24.2 Å². The average Bonchev–Trinajstić information content (AvgIpc) is 3.34. The summed E-state index contributed by atoms with van der Waals surface area (Å²) in [6.45, 7) is 0.510. The summed E-state index contributed by atoms with van der Waals surface area (Å²) in [4.78, 5) is 24.3. The minimum absolute atomic E-state index is 0.0940. The Morgan fingerprint density at radius 3 is 2.57 bits per heavy atom. The van der Waals surface area contributed by atoms with Gasteiger partial charge in [-0.15, -0.1) is 10.2 Å². The van der Waals surface area contributed by atoms with Crippen LogP contribution in [0, 0.1) is 0 Å². The topological polar surface area (TPSA) is 96.5 Å². The molecule has 0 aliphatic carbocycles. The fraction of sp³-hybridized carbons (Fsp3) is 0.200. The number of urea groups is 1. The molecule has 0 unspecified atom stereocenters. The van der Waals surface area contributed by atoms with Crippen LogP contribution in [0.25, 0.3) is 0 Å². The van der Waals surface area contributed by atoms with Crippen LogP contribution in [0.2, 0.25) is 0 Å². The lowest BCUT2D eigenvalue weighted by molar-refractivity contribution is -0.124. The first-order chi connectivity index (χ1) is 14.7. The van der Waals surface area contributed by atoms with Crippen molar-refractivity contribution in [1.29, 1.82) is 0 Å². The number of anilines is 2. The quantitative estimate of drug-likeness (QED) is 0.293. The molecule has 0 saturated carbocycles. The van der Waals surface area contributed by atoms with Gasteiger partial charge in [0.05, 0.1) is 6.54 Å². The van der Waals surface area contributed by atoms with E-state index < -0.39 is 0 Å². The molecule has 2 heterocycles. The van der Waals surface area contributed by atoms with Gasteiger partial charge in [0.15, 0.2) is 4.34 Å². The molecule has 3 aromatic rings. The van der Waals surface area contributed by atoms with Gasteiger partial charge in [-0.2, -0.15) is 0 Å². The summed E-state index contributed by atoms with van der Waals surface area (Å²) in [7, 11) is 0. The van der Waals surface area contributed by atoms with Crippen molar-refractivity contribution in [1.82, 2.24) is 20.4 Å². The second kappa shape index (κ2) is 9.59. The Hall–Kier alpha value is -3.11. The fourth-order valence-electron chi connectivity index (χ4n) is 2.74. The number of nitrogens with one attached hydrogen (secondary N) is 2. The highest BCUT2D eigenvalue weighted by Crippen LogP contribution is 2.29. The second-order valence-corrected chi connectivity index (χ2v) is 8.66. The fourth-order valence-corrected chi connectivity index (χ4v) is 4.50. The molecule has 1 fully saturated rings. The number of carbonyl (C=O) groups is 2. The van der Waals surface area contributed by atoms with Gasteiger partial charge in [-0.3, -0.25) is 9.69 Å². The molecule has 0 radical (unpaired) electrons. The van der Waals surface area contributed by atoms with Crippen molar-refractivity contribution in [2.24, 2.45) is 0 Å². The standard InChI is InChI=1S/C20H19N5O3S2/c26-17-13-21-19(27)25(17)11-4-12-29-20-24-23-18(30-20)22-14-7-9-16(10-8-14)28-15-5-2-1-3-6-15/h1-3,5-10H,4,11-13H2,(H,21,27)(H,22,23). The molecule has 1 aromatic heterocycles. The lowest BCUT2D eigenvalue weighted by Gasteiger charge is -2.10. The van der Waals surface area contributed by atoms with E-state index in [1.807, 2.05) is 54.6 Å². The summed E-state index contributed by atoms with van der Waals surface area (Å²) >= 11 is 3.01. The zero-order valence-corrected chi connectivity index (χ0v) is 17.5. The van der Waals surface area contributed by atoms with Crippen molar-refractivity contribution >= 4 is 45.9 Å². The molecule has 1 saturated heterocycles. The van der Waals surface area contributed by atoms with Crippen molar-refractivity contribution in [2.45, 2.75) is 10.8 Å². The first-order valence-corrected chi connectivity index (χ1v) is 11.1. The Morgan fingerprint density at radius 2 is 1.83 bits per heavy atom. The molecule has 0 bridgehead atoms. The number of thioether (sulfide) groups is 1. The number of benzene rings is 2. The van der Waals surface area contributed by atoms with E-state index in [-0.39, 0.29) is 18.5 Å². The number of ether oxygens (including phenoxy) is 1. The molecule has 8 nitrogen and oxygen atoms in total. The van der Waals surface area contributed by atoms with Crippen LogP contribution < -0.4 is 15.4 Å². The lowest BCUT2D eigenvalue weighted by Crippen LogP contribution is -2.32. The Kier molecular flexibility index (Phi) is 6.45. The minimum atomic E-state index is -0.312. The van der Waals surface area contributed by atoms with Crippen LogP contribution in [0.3, 0.4) is 0 Å². The van der Waals surface area contributed by atoms with Crippen LogP contribution in [0.5, 0.6) is 11.5 Å². The molecule has 30 heavy (non-hydrogen) atoms. The van der Waals surface area contributed by atoms with E-state index >= 15 is 0 Å². The third-order valence-electron chi connectivity index (χ3n) is 4.18. The molecule has 0 spiro atoms. The average molecular weight is 442 g/mol. The van der Waals surface area contributed by atoms with Crippen molar-refractivity contribution in [3.63, 3.8) is 0 Å². The third kappa shape index (κ3) is 5.28. The lowest BCUT2D eigenvalue weighted by atomic mass is 10.3. The van der Waals surface area contributed by atoms with Crippen LogP contribution in [-0.4, -0.2) is 45.9 Å².